The van der Waals surface area contributed by atoms with Crippen LogP contribution in [0.1, 0.15) is 5.56 Å². The van der Waals surface area contributed by atoms with E-state index in [9.17, 15) is 14.9 Å². The maximum absolute atomic E-state index is 12.1. The van der Waals surface area contributed by atoms with Gasteiger partial charge in [-0.2, -0.15) is 0 Å². The molecule has 2 aromatic carbocycles. The molecular formula is C16H9BrClN3O3S. The number of nitrogens with one attached hydrogen (secondary N) is 1. The molecule has 3 rings (SSSR count). The van der Waals surface area contributed by atoms with Gasteiger partial charge in [0.1, 0.15) is 0 Å². The van der Waals surface area contributed by atoms with Crippen LogP contribution in [0.5, 0.6) is 0 Å². The van der Waals surface area contributed by atoms with Gasteiger partial charge in [-0.15, -0.1) is 0 Å². The maximum Gasteiger partial charge on any atom is 0.271 e. The van der Waals surface area contributed by atoms with Gasteiger partial charge in [-0.05, 0) is 41.6 Å². The number of nitro benzene ring substituents is 1. The number of carbonyl (C=O) groups is 1. The number of rotatable bonds is 3. The molecule has 0 unspecified atom stereocenters. The van der Waals surface area contributed by atoms with E-state index in [0.717, 1.165) is 10.0 Å². The van der Waals surface area contributed by atoms with E-state index in [0.29, 0.717) is 15.8 Å². The number of nitrogens with zero attached hydrogens (tertiary/aromatic N) is 2. The van der Waals surface area contributed by atoms with Crippen molar-refractivity contribution in [3.63, 3.8) is 0 Å². The standard InChI is InChI=1S/C16H9BrClN3O3S/c17-10-3-1-9(2-4-10)7-14-15(22)20-16(25-14)19-13-6-5-11(21(23)24)8-12(13)18/h1-8H,(H,19,20,22)/b14-7+. The first-order valence-electron chi connectivity index (χ1n) is 6.91. The van der Waals surface area contributed by atoms with Crippen molar-refractivity contribution in [1.82, 2.24) is 5.32 Å². The molecule has 0 spiro atoms. The van der Waals surface area contributed by atoms with E-state index in [1.54, 1.807) is 6.08 Å². The molecule has 0 aliphatic carbocycles. The molecule has 2 aromatic rings. The van der Waals surface area contributed by atoms with E-state index in [-0.39, 0.29) is 16.6 Å². The van der Waals surface area contributed by atoms with Crippen molar-refractivity contribution in [3.8, 4) is 0 Å². The molecular weight excluding hydrogens is 430 g/mol. The number of amides is 1. The third-order valence-electron chi connectivity index (χ3n) is 3.18. The second-order valence-electron chi connectivity index (χ2n) is 4.93. The molecule has 1 amide bonds. The topological polar surface area (TPSA) is 84.6 Å². The van der Waals surface area contributed by atoms with E-state index < -0.39 is 4.92 Å². The van der Waals surface area contributed by atoms with Crippen molar-refractivity contribution in [3.05, 3.63) is 72.5 Å². The second kappa shape index (κ2) is 7.38. The highest BCUT2D eigenvalue weighted by Gasteiger charge is 2.24. The van der Waals surface area contributed by atoms with E-state index in [1.807, 2.05) is 24.3 Å². The molecule has 0 bridgehead atoms. The Labute approximate surface area is 160 Å². The lowest BCUT2D eigenvalue weighted by molar-refractivity contribution is -0.384. The lowest BCUT2D eigenvalue weighted by atomic mass is 10.2. The third-order valence-corrected chi connectivity index (χ3v) is 4.92. The number of carbonyl (C=O) groups excluding carboxylic acids is 1. The van der Waals surface area contributed by atoms with Crippen LogP contribution in [-0.2, 0) is 4.79 Å². The molecule has 1 heterocycles. The summed E-state index contributed by atoms with van der Waals surface area (Å²) in [4.78, 5) is 27.0. The Hall–Kier alpha value is -2.16. The zero-order valence-corrected chi connectivity index (χ0v) is 15.6. The van der Waals surface area contributed by atoms with E-state index in [2.05, 4.69) is 26.2 Å². The van der Waals surface area contributed by atoms with E-state index >= 15 is 0 Å². The Morgan fingerprint density at radius 2 is 1.96 bits per heavy atom. The molecule has 126 valence electrons. The fraction of sp³-hybridized carbons (Fsp3) is 0. The molecule has 1 aliphatic rings. The zero-order chi connectivity index (χ0) is 18.0. The van der Waals surface area contributed by atoms with Gasteiger partial charge in [-0.25, -0.2) is 4.99 Å². The summed E-state index contributed by atoms with van der Waals surface area (Å²) in [5.41, 5.74) is 1.11. The van der Waals surface area contributed by atoms with Crippen LogP contribution in [0.25, 0.3) is 6.08 Å². The first-order valence-corrected chi connectivity index (χ1v) is 8.90. The summed E-state index contributed by atoms with van der Waals surface area (Å²) < 4.78 is 0.952. The number of aliphatic imine (C=N–C) groups is 1. The Bertz CT molecular complexity index is 929. The fourth-order valence-electron chi connectivity index (χ4n) is 2.00. The Kier molecular flexibility index (Phi) is 5.22. The van der Waals surface area contributed by atoms with E-state index in [1.165, 1.54) is 30.0 Å². The van der Waals surface area contributed by atoms with Crippen molar-refractivity contribution in [2.24, 2.45) is 4.99 Å². The summed E-state index contributed by atoms with van der Waals surface area (Å²) in [6.45, 7) is 0. The summed E-state index contributed by atoms with van der Waals surface area (Å²) in [6, 6.07) is 11.5. The normalized spacial score (nSPS) is 17.1. The molecule has 1 fully saturated rings. The van der Waals surface area contributed by atoms with Crippen LogP contribution in [0, 0.1) is 10.1 Å². The molecule has 25 heavy (non-hydrogen) atoms. The van der Waals surface area contributed by atoms with Crippen LogP contribution in [0.3, 0.4) is 0 Å². The van der Waals surface area contributed by atoms with Gasteiger partial charge in [0, 0.05) is 16.6 Å². The quantitative estimate of drug-likeness (QED) is 0.419. The number of thioether (sulfide) groups is 1. The number of non-ortho nitro benzene ring substituents is 1. The van der Waals surface area contributed by atoms with Gasteiger partial charge in [-0.1, -0.05) is 39.7 Å². The SMILES string of the molecule is O=C1NC(=Nc2ccc([N+](=O)[O-])cc2Cl)S/C1=C/c1ccc(Br)cc1. The van der Waals surface area contributed by atoms with Gasteiger partial charge in [0.2, 0.25) is 0 Å². The molecule has 6 nitrogen and oxygen atoms in total. The van der Waals surface area contributed by atoms with Crippen molar-refractivity contribution >= 4 is 67.8 Å². The number of amidine groups is 1. The predicted octanol–water partition coefficient (Wildman–Crippen LogP) is 4.90. The molecule has 1 aliphatic heterocycles. The zero-order valence-electron chi connectivity index (χ0n) is 12.4. The molecule has 0 aromatic heterocycles. The summed E-state index contributed by atoms with van der Waals surface area (Å²) in [5.74, 6) is -0.260. The first-order chi connectivity index (χ1) is 11.9. The van der Waals surface area contributed by atoms with Crippen LogP contribution < -0.4 is 5.32 Å². The van der Waals surface area contributed by atoms with Crippen LogP contribution in [0.2, 0.25) is 5.02 Å². The average molecular weight is 439 g/mol. The Morgan fingerprint density at radius 1 is 1.24 bits per heavy atom. The Balaban J connectivity index is 1.83. The molecule has 0 radical (unpaired) electrons. The number of nitro groups is 1. The highest BCUT2D eigenvalue weighted by atomic mass is 79.9. The summed E-state index contributed by atoms with van der Waals surface area (Å²) in [7, 11) is 0. The molecule has 9 heteroatoms. The minimum Gasteiger partial charge on any atom is -0.300 e. The van der Waals surface area contributed by atoms with Gasteiger partial charge in [-0.3, -0.25) is 14.9 Å². The molecule has 1 N–H and O–H groups in total. The number of benzene rings is 2. The first kappa shape index (κ1) is 17.7. The number of hydrogen-bond donors (Lipinski definition) is 1. The van der Waals surface area contributed by atoms with Crippen LogP contribution >= 0.6 is 39.3 Å². The highest BCUT2D eigenvalue weighted by Crippen LogP contribution is 2.33. The van der Waals surface area contributed by atoms with Crippen molar-refractivity contribution in [1.29, 1.82) is 0 Å². The largest absolute Gasteiger partial charge is 0.300 e. The summed E-state index contributed by atoms with van der Waals surface area (Å²) in [6.07, 6.45) is 1.76. The fourth-order valence-corrected chi connectivity index (χ4v) is 3.32. The van der Waals surface area contributed by atoms with Gasteiger partial charge < -0.3 is 5.32 Å². The molecule has 0 saturated carbocycles. The van der Waals surface area contributed by atoms with Crippen LogP contribution in [0.15, 0.2) is 56.8 Å². The predicted molar refractivity (Wildman–Crippen MR) is 103 cm³/mol. The van der Waals surface area contributed by atoms with Gasteiger partial charge in [0.05, 0.1) is 20.5 Å². The maximum atomic E-state index is 12.1. The van der Waals surface area contributed by atoms with Crippen molar-refractivity contribution in [2.45, 2.75) is 0 Å². The van der Waals surface area contributed by atoms with Crippen LogP contribution in [0.4, 0.5) is 11.4 Å². The number of hydrogen-bond acceptors (Lipinski definition) is 5. The lowest BCUT2D eigenvalue weighted by Crippen LogP contribution is -2.19. The summed E-state index contributed by atoms with van der Waals surface area (Å²) >= 11 is 10.6. The Morgan fingerprint density at radius 3 is 2.60 bits per heavy atom. The molecule has 0 atom stereocenters. The third kappa shape index (κ3) is 4.28. The lowest BCUT2D eigenvalue weighted by Gasteiger charge is -1.99. The highest BCUT2D eigenvalue weighted by molar-refractivity contribution is 9.10. The van der Waals surface area contributed by atoms with Gasteiger partial charge in [0.25, 0.3) is 11.6 Å². The van der Waals surface area contributed by atoms with Gasteiger partial charge in [0.15, 0.2) is 5.17 Å². The molecule has 1 saturated heterocycles. The average Bonchev–Trinajstić information content (AvgIpc) is 2.91. The second-order valence-corrected chi connectivity index (χ2v) is 7.28. The van der Waals surface area contributed by atoms with Crippen LogP contribution in [-0.4, -0.2) is 16.0 Å². The summed E-state index contributed by atoms with van der Waals surface area (Å²) in [5, 5.41) is 13.9. The smallest absolute Gasteiger partial charge is 0.271 e. The van der Waals surface area contributed by atoms with Crippen molar-refractivity contribution in [2.75, 3.05) is 0 Å². The van der Waals surface area contributed by atoms with Gasteiger partial charge >= 0.3 is 0 Å². The minimum atomic E-state index is -0.534. The monoisotopic (exact) mass is 437 g/mol. The number of halogens is 2. The van der Waals surface area contributed by atoms with Crippen molar-refractivity contribution < 1.29 is 9.72 Å². The minimum absolute atomic E-state index is 0.118. The van der Waals surface area contributed by atoms with E-state index in [4.69, 9.17) is 11.6 Å².